The van der Waals surface area contributed by atoms with Crippen LogP contribution in [0, 0.1) is 0 Å². The molecule has 1 atom stereocenters. The molecule has 0 saturated heterocycles. The first-order chi connectivity index (χ1) is 6.02. The van der Waals surface area contributed by atoms with E-state index in [-0.39, 0.29) is 11.4 Å². The quantitative estimate of drug-likeness (QED) is 0.628. The van der Waals surface area contributed by atoms with Crippen molar-refractivity contribution < 1.29 is 13.5 Å². The maximum absolute atomic E-state index is 11.4. The molecular formula is C7H12N2O3S. The lowest BCUT2D eigenvalue weighted by Crippen LogP contribution is -2.30. The number of aliphatic hydroxyl groups is 1. The SMILES string of the molecule is CC(O)CNS(=O)(=O)c1cc[nH]c1. The third-order valence-electron chi connectivity index (χ3n) is 1.45. The molecule has 1 unspecified atom stereocenters. The second-order valence-electron chi connectivity index (χ2n) is 2.75. The van der Waals surface area contributed by atoms with Crippen LogP contribution in [0.5, 0.6) is 0 Å². The molecular weight excluding hydrogens is 192 g/mol. The highest BCUT2D eigenvalue weighted by Crippen LogP contribution is 2.05. The van der Waals surface area contributed by atoms with Crippen molar-refractivity contribution in [2.75, 3.05) is 6.54 Å². The molecule has 5 nitrogen and oxygen atoms in total. The molecule has 0 spiro atoms. The van der Waals surface area contributed by atoms with E-state index in [2.05, 4.69) is 9.71 Å². The van der Waals surface area contributed by atoms with Gasteiger partial charge in [0.15, 0.2) is 0 Å². The van der Waals surface area contributed by atoms with E-state index in [1.807, 2.05) is 0 Å². The molecule has 0 aliphatic carbocycles. The van der Waals surface area contributed by atoms with Crippen LogP contribution < -0.4 is 4.72 Å². The van der Waals surface area contributed by atoms with Gasteiger partial charge in [0.1, 0.15) is 0 Å². The van der Waals surface area contributed by atoms with Gasteiger partial charge in [0, 0.05) is 18.9 Å². The molecule has 1 aromatic rings. The number of aromatic nitrogens is 1. The zero-order valence-electron chi connectivity index (χ0n) is 7.19. The van der Waals surface area contributed by atoms with Crippen molar-refractivity contribution in [3.63, 3.8) is 0 Å². The first-order valence-electron chi connectivity index (χ1n) is 3.83. The van der Waals surface area contributed by atoms with Crippen molar-refractivity contribution in [2.24, 2.45) is 0 Å². The van der Waals surface area contributed by atoms with Crippen molar-refractivity contribution in [2.45, 2.75) is 17.9 Å². The van der Waals surface area contributed by atoms with E-state index in [1.165, 1.54) is 25.4 Å². The number of aromatic amines is 1. The molecule has 74 valence electrons. The minimum absolute atomic E-state index is 0.0213. The van der Waals surface area contributed by atoms with E-state index in [9.17, 15) is 8.42 Å². The van der Waals surface area contributed by atoms with Gasteiger partial charge in [-0.05, 0) is 13.0 Å². The lowest BCUT2D eigenvalue weighted by atomic mass is 10.4. The largest absolute Gasteiger partial charge is 0.392 e. The van der Waals surface area contributed by atoms with Gasteiger partial charge in [0.25, 0.3) is 0 Å². The number of hydrogen-bond donors (Lipinski definition) is 3. The number of H-pyrrole nitrogens is 1. The summed E-state index contributed by atoms with van der Waals surface area (Å²) in [6.07, 6.45) is 2.22. The van der Waals surface area contributed by atoms with Gasteiger partial charge in [0.2, 0.25) is 10.0 Å². The first-order valence-corrected chi connectivity index (χ1v) is 5.31. The van der Waals surface area contributed by atoms with Crippen LogP contribution in [-0.2, 0) is 10.0 Å². The third kappa shape index (κ3) is 2.83. The number of sulfonamides is 1. The van der Waals surface area contributed by atoms with Crippen LogP contribution in [0.2, 0.25) is 0 Å². The average Bonchev–Trinajstić information content (AvgIpc) is 2.53. The molecule has 1 rings (SSSR count). The van der Waals surface area contributed by atoms with Crippen molar-refractivity contribution in [1.29, 1.82) is 0 Å². The molecule has 3 N–H and O–H groups in total. The Morgan fingerprint density at radius 3 is 2.85 bits per heavy atom. The fourth-order valence-electron chi connectivity index (χ4n) is 0.789. The molecule has 0 aliphatic rings. The van der Waals surface area contributed by atoms with Gasteiger partial charge < -0.3 is 10.1 Å². The maximum atomic E-state index is 11.4. The van der Waals surface area contributed by atoms with Crippen LogP contribution in [0.15, 0.2) is 23.4 Å². The Kier molecular flexibility index (Phi) is 3.07. The summed E-state index contributed by atoms with van der Waals surface area (Å²) in [5, 5.41) is 8.88. The molecule has 13 heavy (non-hydrogen) atoms. The fraction of sp³-hybridized carbons (Fsp3) is 0.429. The van der Waals surface area contributed by atoms with Crippen molar-refractivity contribution in [3.05, 3.63) is 18.5 Å². The van der Waals surface area contributed by atoms with Crippen molar-refractivity contribution in [1.82, 2.24) is 9.71 Å². The Bertz CT molecular complexity index is 342. The summed E-state index contributed by atoms with van der Waals surface area (Å²) in [6, 6.07) is 1.45. The molecule has 0 bridgehead atoms. The second-order valence-corrected chi connectivity index (χ2v) is 4.51. The summed E-state index contributed by atoms with van der Waals surface area (Å²) in [5.41, 5.74) is 0. The van der Waals surface area contributed by atoms with Crippen LogP contribution in [0.4, 0.5) is 0 Å². The Morgan fingerprint density at radius 2 is 2.38 bits per heavy atom. The minimum atomic E-state index is -3.45. The zero-order chi connectivity index (χ0) is 9.90. The van der Waals surface area contributed by atoms with Gasteiger partial charge in [-0.25, -0.2) is 13.1 Å². The maximum Gasteiger partial charge on any atom is 0.242 e. The molecule has 0 aromatic carbocycles. The average molecular weight is 204 g/mol. The fourth-order valence-corrected chi connectivity index (χ4v) is 1.89. The van der Waals surface area contributed by atoms with Crippen molar-refractivity contribution >= 4 is 10.0 Å². The monoisotopic (exact) mass is 204 g/mol. The number of nitrogens with one attached hydrogen (secondary N) is 2. The van der Waals surface area contributed by atoms with Crippen LogP contribution in [-0.4, -0.2) is 31.2 Å². The summed E-state index contributed by atoms with van der Waals surface area (Å²) in [7, 11) is -3.45. The lowest BCUT2D eigenvalue weighted by molar-refractivity contribution is 0.198. The molecule has 0 saturated carbocycles. The Balaban J connectivity index is 2.68. The van der Waals surface area contributed by atoms with E-state index in [0.29, 0.717) is 0 Å². The minimum Gasteiger partial charge on any atom is -0.392 e. The highest BCUT2D eigenvalue weighted by Gasteiger charge is 2.13. The molecule has 1 heterocycles. The summed E-state index contributed by atoms with van der Waals surface area (Å²) < 4.78 is 25.0. The summed E-state index contributed by atoms with van der Waals surface area (Å²) in [5.74, 6) is 0. The normalized spacial score (nSPS) is 14.3. The van der Waals surface area contributed by atoms with E-state index < -0.39 is 16.1 Å². The molecule has 0 radical (unpaired) electrons. The molecule has 0 aliphatic heterocycles. The Labute approximate surface area is 76.8 Å². The van der Waals surface area contributed by atoms with Gasteiger partial charge >= 0.3 is 0 Å². The number of aliphatic hydroxyl groups excluding tert-OH is 1. The van der Waals surface area contributed by atoms with Gasteiger partial charge in [0.05, 0.1) is 11.0 Å². The molecule has 6 heteroatoms. The smallest absolute Gasteiger partial charge is 0.242 e. The standard InChI is InChI=1S/C7H12N2O3S/c1-6(10)4-9-13(11,12)7-2-3-8-5-7/h2-3,5-6,8-10H,4H2,1H3. The highest BCUT2D eigenvalue weighted by atomic mass is 32.2. The Hall–Kier alpha value is -0.850. The van der Waals surface area contributed by atoms with Gasteiger partial charge in [-0.15, -0.1) is 0 Å². The molecule has 0 fully saturated rings. The zero-order valence-corrected chi connectivity index (χ0v) is 8.00. The van der Waals surface area contributed by atoms with Gasteiger partial charge in [-0.1, -0.05) is 0 Å². The summed E-state index contributed by atoms with van der Waals surface area (Å²) in [6.45, 7) is 1.53. The molecule has 0 amide bonds. The van der Waals surface area contributed by atoms with Crippen molar-refractivity contribution in [3.8, 4) is 0 Å². The Morgan fingerprint density at radius 1 is 1.69 bits per heavy atom. The van der Waals surface area contributed by atoms with Crippen LogP contribution in [0.25, 0.3) is 0 Å². The highest BCUT2D eigenvalue weighted by molar-refractivity contribution is 7.89. The predicted molar refractivity (Wildman–Crippen MR) is 47.7 cm³/mol. The van der Waals surface area contributed by atoms with E-state index in [0.717, 1.165) is 0 Å². The molecule has 1 aromatic heterocycles. The van der Waals surface area contributed by atoms with Gasteiger partial charge in [-0.3, -0.25) is 0 Å². The number of rotatable bonds is 4. The van der Waals surface area contributed by atoms with E-state index in [1.54, 1.807) is 0 Å². The van der Waals surface area contributed by atoms with E-state index >= 15 is 0 Å². The van der Waals surface area contributed by atoms with Crippen LogP contribution in [0.1, 0.15) is 6.92 Å². The predicted octanol–water partition coefficient (Wildman–Crippen LogP) is -0.326. The van der Waals surface area contributed by atoms with Gasteiger partial charge in [-0.2, -0.15) is 0 Å². The topological polar surface area (TPSA) is 82.2 Å². The van der Waals surface area contributed by atoms with Crippen LogP contribution in [0.3, 0.4) is 0 Å². The van der Waals surface area contributed by atoms with E-state index in [4.69, 9.17) is 5.11 Å². The third-order valence-corrected chi connectivity index (χ3v) is 2.87. The summed E-state index contributed by atoms with van der Waals surface area (Å²) in [4.78, 5) is 2.82. The summed E-state index contributed by atoms with van der Waals surface area (Å²) >= 11 is 0. The lowest BCUT2D eigenvalue weighted by Gasteiger charge is -2.05. The van der Waals surface area contributed by atoms with Crippen LogP contribution >= 0.6 is 0 Å². The number of hydrogen-bond acceptors (Lipinski definition) is 3. The second kappa shape index (κ2) is 3.91. The first kappa shape index (κ1) is 10.2.